The summed E-state index contributed by atoms with van der Waals surface area (Å²) in [6.07, 6.45) is 0.416. The van der Waals surface area contributed by atoms with Crippen molar-refractivity contribution in [3.05, 3.63) is 35.9 Å². The summed E-state index contributed by atoms with van der Waals surface area (Å²) < 4.78 is 23.1. The van der Waals surface area contributed by atoms with Crippen molar-refractivity contribution in [1.29, 1.82) is 0 Å². The summed E-state index contributed by atoms with van der Waals surface area (Å²) in [5.74, 6) is -0.441. The molecule has 0 aliphatic carbocycles. The zero-order chi connectivity index (χ0) is 17.9. The number of sulfone groups is 1. The molecule has 2 saturated heterocycles. The third-order valence-corrected chi connectivity index (χ3v) is 6.51. The van der Waals surface area contributed by atoms with Gasteiger partial charge in [-0.2, -0.15) is 0 Å². The molecule has 2 heterocycles. The highest BCUT2D eigenvalue weighted by Gasteiger charge is 2.36. The van der Waals surface area contributed by atoms with E-state index in [9.17, 15) is 18.0 Å². The Morgan fingerprint density at radius 2 is 1.68 bits per heavy atom. The van der Waals surface area contributed by atoms with Crippen LogP contribution in [0.4, 0.5) is 4.79 Å². The van der Waals surface area contributed by atoms with Crippen molar-refractivity contribution in [3.63, 3.8) is 0 Å². The average molecular weight is 365 g/mol. The Kier molecular flexibility index (Phi) is 5.27. The number of nitrogens with zero attached hydrogens (tertiary/aromatic N) is 2. The largest absolute Gasteiger partial charge is 0.339 e. The molecule has 1 atom stereocenters. The van der Waals surface area contributed by atoms with E-state index in [0.29, 0.717) is 39.1 Å². The lowest BCUT2D eigenvalue weighted by Gasteiger charge is -2.35. The fourth-order valence-corrected chi connectivity index (χ4v) is 5.00. The van der Waals surface area contributed by atoms with Gasteiger partial charge in [-0.25, -0.2) is 13.2 Å². The van der Waals surface area contributed by atoms with E-state index in [1.165, 1.54) is 0 Å². The first-order chi connectivity index (χ1) is 11.9. The molecule has 1 aromatic carbocycles. The molecule has 0 bridgehead atoms. The zero-order valence-corrected chi connectivity index (χ0v) is 14.9. The molecule has 2 aliphatic rings. The van der Waals surface area contributed by atoms with Crippen LogP contribution in [0.5, 0.6) is 0 Å². The molecule has 2 fully saturated rings. The predicted octanol–water partition coefficient (Wildman–Crippen LogP) is 0.475. The number of urea groups is 1. The SMILES string of the molecule is O=C(NCc1ccccc1)N1CCN(C(=O)[C@@H]2CCS(=O)(=O)C2)CC1. The Morgan fingerprint density at radius 3 is 2.28 bits per heavy atom. The van der Waals surface area contributed by atoms with Gasteiger partial charge >= 0.3 is 6.03 Å². The van der Waals surface area contributed by atoms with E-state index in [0.717, 1.165) is 5.56 Å². The molecular formula is C17H23N3O4S. The maximum atomic E-state index is 12.4. The van der Waals surface area contributed by atoms with Crippen LogP contribution in [0.2, 0.25) is 0 Å². The van der Waals surface area contributed by atoms with Crippen molar-refractivity contribution in [3.8, 4) is 0 Å². The van der Waals surface area contributed by atoms with Gasteiger partial charge in [-0.3, -0.25) is 4.79 Å². The van der Waals surface area contributed by atoms with Crippen LogP contribution in [0.1, 0.15) is 12.0 Å². The quantitative estimate of drug-likeness (QED) is 0.844. The molecule has 0 spiro atoms. The van der Waals surface area contributed by atoms with Gasteiger partial charge in [0.15, 0.2) is 9.84 Å². The summed E-state index contributed by atoms with van der Waals surface area (Å²) in [6.45, 7) is 2.30. The molecule has 0 radical (unpaired) electrons. The molecule has 7 nitrogen and oxygen atoms in total. The van der Waals surface area contributed by atoms with Crippen molar-refractivity contribution in [2.24, 2.45) is 5.92 Å². The van der Waals surface area contributed by atoms with Gasteiger partial charge in [0.25, 0.3) is 0 Å². The Bertz CT molecular complexity index is 728. The van der Waals surface area contributed by atoms with Crippen LogP contribution in [-0.2, 0) is 21.2 Å². The minimum absolute atomic E-state index is 0.0381. The summed E-state index contributed by atoms with van der Waals surface area (Å²) >= 11 is 0. The minimum atomic E-state index is -3.06. The number of hydrogen-bond donors (Lipinski definition) is 1. The predicted molar refractivity (Wildman–Crippen MR) is 93.6 cm³/mol. The van der Waals surface area contributed by atoms with E-state index in [-0.39, 0.29) is 23.4 Å². The van der Waals surface area contributed by atoms with E-state index in [4.69, 9.17) is 0 Å². The van der Waals surface area contributed by atoms with Crippen molar-refractivity contribution in [1.82, 2.24) is 15.1 Å². The highest BCUT2D eigenvalue weighted by Crippen LogP contribution is 2.21. The number of piperazine rings is 1. The van der Waals surface area contributed by atoms with Gasteiger partial charge in [0.2, 0.25) is 5.91 Å². The van der Waals surface area contributed by atoms with Gasteiger partial charge in [-0.05, 0) is 12.0 Å². The minimum Gasteiger partial charge on any atom is -0.339 e. The van der Waals surface area contributed by atoms with Crippen LogP contribution in [-0.4, -0.2) is 67.8 Å². The number of benzene rings is 1. The molecule has 0 aromatic heterocycles. The first-order valence-electron chi connectivity index (χ1n) is 8.50. The molecular weight excluding hydrogens is 342 g/mol. The number of rotatable bonds is 3. The topological polar surface area (TPSA) is 86.8 Å². The highest BCUT2D eigenvalue weighted by atomic mass is 32.2. The lowest BCUT2D eigenvalue weighted by atomic mass is 10.1. The number of nitrogens with one attached hydrogen (secondary N) is 1. The van der Waals surface area contributed by atoms with E-state index in [1.54, 1.807) is 9.80 Å². The van der Waals surface area contributed by atoms with E-state index >= 15 is 0 Å². The Morgan fingerprint density at radius 1 is 1.04 bits per heavy atom. The molecule has 3 rings (SSSR count). The van der Waals surface area contributed by atoms with Crippen molar-refractivity contribution >= 4 is 21.8 Å². The van der Waals surface area contributed by atoms with E-state index in [2.05, 4.69) is 5.32 Å². The first-order valence-corrected chi connectivity index (χ1v) is 10.3. The average Bonchev–Trinajstić information content (AvgIpc) is 3.00. The van der Waals surface area contributed by atoms with Gasteiger partial charge in [-0.1, -0.05) is 30.3 Å². The summed E-state index contributed by atoms with van der Waals surface area (Å²) in [4.78, 5) is 28.0. The monoisotopic (exact) mass is 365 g/mol. The fraction of sp³-hybridized carbons (Fsp3) is 0.529. The lowest BCUT2D eigenvalue weighted by Crippen LogP contribution is -2.54. The number of amides is 3. The van der Waals surface area contributed by atoms with Crippen molar-refractivity contribution in [2.45, 2.75) is 13.0 Å². The number of carbonyl (C=O) groups excluding carboxylic acids is 2. The second kappa shape index (κ2) is 7.43. The van der Waals surface area contributed by atoms with E-state index in [1.807, 2.05) is 30.3 Å². The van der Waals surface area contributed by atoms with Gasteiger partial charge in [0.05, 0.1) is 17.4 Å². The van der Waals surface area contributed by atoms with Crippen LogP contribution in [0.15, 0.2) is 30.3 Å². The Balaban J connectivity index is 1.45. The van der Waals surface area contributed by atoms with Gasteiger partial charge < -0.3 is 15.1 Å². The number of carbonyl (C=O) groups is 2. The van der Waals surface area contributed by atoms with Crippen molar-refractivity contribution in [2.75, 3.05) is 37.7 Å². The van der Waals surface area contributed by atoms with Gasteiger partial charge in [0, 0.05) is 32.7 Å². The standard InChI is InChI=1S/C17H23N3O4S/c21-16(15-6-11-25(23,24)13-15)19-7-9-20(10-8-19)17(22)18-12-14-4-2-1-3-5-14/h1-5,15H,6-13H2,(H,18,22)/t15-/m1/s1. The highest BCUT2D eigenvalue weighted by molar-refractivity contribution is 7.91. The van der Waals surface area contributed by atoms with Crippen LogP contribution in [0.3, 0.4) is 0 Å². The van der Waals surface area contributed by atoms with Gasteiger partial charge in [-0.15, -0.1) is 0 Å². The van der Waals surface area contributed by atoms with Crippen LogP contribution >= 0.6 is 0 Å². The Hall–Kier alpha value is -2.09. The fourth-order valence-electron chi connectivity index (χ4n) is 3.26. The second-order valence-corrected chi connectivity index (χ2v) is 8.79. The maximum absolute atomic E-state index is 12.4. The second-order valence-electron chi connectivity index (χ2n) is 6.56. The third kappa shape index (κ3) is 4.50. The maximum Gasteiger partial charge on any atom is 0.317 e. The van der Waals surface area contributed by atoms with Crippen LogP contribution in [0.25, 0.3) is 0 Å². The smallest absolute Gasteiger partial charge is 0.317 e. The zero-order valence-electron chi connectivity index (χ0n) is 14.1. The molecule has 3 amide bonds. The Labute approximate surface area is 147 Å². The van der Waals surface area contributed by atoms with E-state index < -0.39 is 15.8 Å². The summed E-state index contributed by atoms with van der Waals surface area (Å²) in [7, 11) is -3.06. The van der Waals surface area contributed by atoms with Crippen molar-refractivity contribution < 1.29 is 18.0 Å². The molecule has 2 aliphatic heterocycles. The lowest BCUT2D eigenvalue weighted by molar-refractivity contribution is -0.136. The summed E-state index contributed by atoms with van der Waals surface area (Å²) in [5, 5.41) is 2.88. The third-order valence-electron chi connectivity index (χ3n) is 4.75. The molecule has 0 unspecified atom stereocenters. The van der Waals surface area contributed by atoms with Crippen LogP contribution in [0, 0.1) is 5.92 Å². The molecule has 0 saturated carbocycles. The molecule has 136 valence electrons. The summed E-state index contributed by atoms with van der Waals surface area (Å²) in [6, 6.07) is 9.54. The van der Waals surface area contributed by atoms with Crippen LogP contribution < -0.4 is 5.32 Å². The molecule has 25 heavy (non-hydrogen) atoms. The molecule has 1 aromatic rings. The summed E-state index contributed by atoms with van der Waals surface area (Å²) in [5.41, 5.74) is 1.03. The van der Waals surface area contributed by atoms with Gasteiger partial charge in [0.1, 0.15) is 0 Å². The number of hydrogen-bond acceptors (Lipinski definition) is 4. The normalized spacial score (nSPS) is 22.6. The first kappa shape index (κ1) is 17.7. The molecule has 1 N–H and O–H groups in total. The molecule has 8 heteroatoms.